The summed E-state index contributed by atoms with van der Waals surface area (Å²) in [6.45, 7) is 2.64. The van der Waals surface area contributed by atoms with Gasteiger partial charge in [-0.05, 0) is 62.2 Å². The Bertz CT molecular complexity index is 353. The maximum atomic E-state index is 12.7. The normalized spacial score (nSPS) is 48.9. The molecule has 1 atom stereocenters. The van der Waals surface area contributed by atoms with Crippen LogP contribution in [0.5, 0.6) is 0 Å². The van der Waals surface area contributed by atoms with Crippen LogP contribution in [-0.4, -0.2) is 36.4 Å². The average Bonchev–Trinajstić information content (AvgIpc) is 2.73. The van der Waals surface area contributed by atoms with E-state index in [2.05, 4.69) is 4.90 Å². The molecule has 4 aliphatic carbocycles. The van der Waals surface area contributed by atoms with Crippen LogP contribution >= 0.6 is 0 Å². The first-order valence-electron chi connectivity index (χ1n) is 8.19. The second-order valence-electron chi connectivity index (χ2n) is 7.71. The highest BCUT2D eigenvalue weighted by molar-refractivity contribution is 5.84. The molecule has 3 heteroatoms. The number of Topliss-reactive ketones (excluding diaryl/α,β-unsaturated/α-hetero) is 1. The summed E-state index contributed by atoms with van der Waals surface area (Å²) in [5, 5.41) is 0. The van der Waals surface area contributed by atoms with Crippen molar-refractivity contribution in [1.29, 1.82) is 0 Å². The van der Waals surface area contributed by atoms with Crippen molar-refractivity contribution in [3.8, 4) is 0 Å². The molecule has 5 fully saturated rings. The van der Waals surface area contributed by atoms with Crippen LogP contribution in [0.1, 0.15) is 38.5 Å². The summed E-state index contributed by atoms with van der Waals surface area (Å²) in [6, 6.07) is 0.297. The van der Waals surface area contributed by atoms with Crippen LogP contribution in [0.3, 0.4) is 0 Å². The van der Waals surface area contributed by atoms with Crippen molar-refractivity contribution in [2.45, 2.75) is 44.6 Å². The number of rotatable bonds is 3. The van der Waals surface area contributed by atoms with E-state index in [1.165, 1.54) is 32.1 Å². The van der Waals surface area contributed by atoms with Crippen molar-refractivity contribution in [2.24, 2.45) is 35.3 Å². The van der Waals surface area contributed by atoms with Gasteiger partial charge in [0, 0.05) is 25.0 Å². The fraction of sp³-hybridized carbons (Fsp3) is 0.938. The first-order chi connectivity index (χ1) is 9.19. The van der Waals surface area contributed by atoms with Gasteiger partial charge >= 0.3 is 0 Å². The van der Waals surface area contributed by atoms with Gasteiger partial charge in [-0.2, -0.15) is 0 Å². The van der Waals surface area contributed by atoms with Crippen LogP contribution < -0.4 is 5.73 Å². The minimum atomic E-state index is 0.297. The third-order valence-corrected chi connectivity index (χ3v) is 6.29. The molecule has 1 aliphatic heterocycles. The fourth-order valence-corrected chi connectivity index (χ4v) is 5.78. The molecule has 0 radical (unpaired) electrons. The van der Waals surface area contributed by atoms with E-state index in [0.29, 0.717) is 24.3 Å². The van der Waals surface area contributed by atoms with Crippen molar-refractivity contribution in [2.75, 3.05) is 19.6 Å². The lowest BCUT2D eigenvalue weighted by molar-refractivity contribution is -0.136. The van der Waals surface area contributed by atoms with Gasteiger partial charge in [0.25, 0.3) is 0 Å². The quantitative estimate of drug-likeness (QED) is 0.841. The lowest BCUT2D eigenvalue weighted by Gasteiger charge is -2.54. The van der Waals surface area contributed by atoms with Crippen molar-refractivity contribution in [3.05, 3.63) is 0 Å². The van der Waals surface area contributed by atoms with Gasteiger partial charge in [-0.1, -0.05) is 0 Å². The second-order valence-corrected chi connectivity index (χ2v) is 7.71. The lowest BCUT2D eigenvalue weighted by atomic mass is 9.51. The third kappa shape index (κ3) is 2.15. The summed E-state index contributed by atoms with van der Waals surface area (Å²) in [5.74, 6) is 4.35. The molecule has 1 unspecified atom stereocenters. The van der Waals surface area contributed by atoms with E-state index < -0.39 is 0 Å². The summed E-state index contributed by atoms with van der Waals surface area (Å²) in [5.41, 5.74) is 5.94. The molecule has 19 heavy (non-hydrogen) atoms. The molecule has 0 aromatic heterocycles. The Balaban J connectivity index is 1.43. The predicted octanol–water partition coefficient (Wildman–Crippen LogP) is 1.66. The zero-order valence-corrected chi connectivity index (χ0v) is 11.8. The third-order valence-electron chi connectivity index (χ3n) is 6.29. The van der Waals surface area contributed by atoms with Crippen LogP contribution in [0.4, 0.5) is 0 Å². The van der Waals surface area contributed by atoms with Crippen molar-refractivity contribution >= 4 is 5.78 Å². The molecule has 4 saturated carbocycles. The molecular weight excluding hydrogens is 236 g/mol. The Hall–Kier alpha value is -0.410. The fourth-order valence-electron chi connectivity index (χ4n) is 5.78. The summed E-state index contributed by atoms with van der Waals surface area (Å²) in [4.78, 5) is 15.0. The van der Waals surface area contributed by atoms with E-state index in [9.17, 15) is 4.79 Å². The number of carbonyl (C=O) groups is 1. The van der Waals surface area contributed by atoms with E-state index in [0.717, 1.165) is 43.2 Å². The zero-order chi connectivity index (χ0) is 13.0. The molecule has 3 nitrogen and oxygen atoms in total. The number of hydrogen-bond donors (Lipinski definition) is 1. The Morgan fingerprint density at radius 3 is 2.21 bits per heavy atom. The molecule has 1 saturated heterocycles. The molecule has 0 aromatic carbocycles. The van der Waals surface area contributed by atoms with Gasteiger partial charge in [-0.3, -0.25) is 9.69 Å². The molecule has 0 spiro atoms. The zero-order valence-electron chi connectivity index (χ0n) is 11.8. The maximum Gasteiger partial charge on any atom is 0.150 e. The van der Waals surface area contributed by atoms with Crippen LogP contribution in [0, 0.1) is 29.6 Å². The number of nitrogens with zero attached hydrogens (tertiary/aromatic N) is 1. The van der Waals surface area contributed by atoms with E-state index in [4.69, 9.17) is 5.73 Å². The average molecular weight is 262 g/mol. The van der Waals surface area contributed by atoms with Gasteiger partial charge in [-0.15, -0.1) is 0 Å². The number of likely N-dealkylation sites (tertiary alicyclic amines) is 1. The van der Waals surface area contributed by atoms with E-state index in [-0.39, 0.29) is 0 Å². The molecule has 4 bridgehead atoms. The van der Waals surface area contributed by atoms with E-state index >= 15 is 0 Å². The smallest absolute Gasteiger partial charge is 0.150 e. The van der Waals surface area contributed by atoms with Crippen LogP contribution in [0.2, 0.25) is 0 Å². The van der Waals surface area contributed by atoms with Crippen LogP contribution in [0.25, 0.3) is 0 Å². The number of carbonyl (C=O) groups excluding carboxylic acids is 1. The van der Waals surface area contributed by atoms with Gasteiger partial charge in [-0.25, -0.2) is 0 Å². The highest BCUT2D eigenvalue weighted by atomic mass is 16.1. The number of ketones is 1. The summed E-state index contributed by atoms with van der Waals surface area (Å²) < 4.78 is 0. The minimum absolute atomic E-state index is 0.297. The molecule has 1 heterocycles. The lowest BCUT2D eigenvalue weighted by Crippen LogP contribution is -2.50. The SMILES string of the molecule is NC1CCN(CC(=O)C2C3CC4CC(C3)CC2C4)C1. The van der Waals surface area contributed by atoms with Gasteiger partial charge < -0.3 is 5.73 Å². The maximum absolute atomic E-state index is 12.7. The van der Waals surface area contributed by atoms with Crippen molar-refractivity contribution in [1.82, 2.24) is 4.90 Å². The van der Waals surface area contributed by atoms with Crippen LogP contribution in [0.15, 0.2) is 0 Å². The topological polar surface area (TPSA) is 46.3 Å². The second kappa shape index (κ2) is 4.56. The van der Waals surface area contributed by atoms with Gasteiger partial charge in [0.15, 0.2) is 0 Å². The highest BCUT2D eigenvalue weighted by Gasteiger charge is 2.50. The first-order valence-corrected chi connectivity index (χ1v) is 8.19. The first kappa shape index (κ1) is 12.3. The number of hydrogen-bond acceptors (Lipinski definition) is 3. The Morgan fingerprint density at radius 1 is 1.05 bits per heavy atom. The predicted molar refractivity (Wildman–Crippen MR) is 74.6 cm³/mol. The van der Waals surface area contributed by atoms with Gasteiger partial charge in [0.05, 0.1) is 6.54 Å². The highest BCUT2D eigenvalue weighted by Crippen LogP contribution is 2.56. The summed E-state index contributed by atoms with van der Waals surface area (Å²) in [7, 11) is 0. The molecular formula is C16H26N2O. The molecule has 106 valence electrons. The Morgan fingerprint density at radius 2 is 1.68 bits per heavy atom. The monoisotopic (exact) mass is 262 g/mol. The Labute approximate surface area is 115 Å². The summed E-state index contributed by atoms with van der Waals surface area (Å²) in [6.07, 6.45) is 7.93. The molecule has 5 rings (SSSR count). The molecule has 0 aromatic rings. The summed E-state index contributed by atoms with van der Waals surface area (Å²) >= 11 is 0. The standard InChI is InChI=1S/C16H26N2O/c17-14-1-2-18(8-14)9-15(19)16-12-4-10-3-11(6-12)7-13(16)5-10/h10-14,16H,1-9,17H2. The minimum Gasteiger partial charge on any atom is -0.326 e. The molecule has 5 aliphatic rings. The molecule has 0 amide bonds. The van der Waals surface area contributed by atoms with Crippen molar-refractivity contribution in [3.63, 3.8) is 0 Å². The van der Waals surface area contributed by atoms with Crippen molar-refractivity contribution < 1.29 is 4.79 Å². The van der Waals surface area contributed by atoms with Crippen LogP contribution in [-0.2, 0) is 4.79 Å². The van der Waals surface area contributed by atoms with Gasteiger partial charge in [0.2, 0.25) is 0 Å². The van der Waals surface area contributed by atoms with Gasteiger partial charge in [0.1, 0.15) is 5.78 Å². The Kier molecular flexibility index (Phi) is 2.96. The van der Waals surface area contributed by atoms with E-state index in [1.807, 2.05) is 0 Å². The number of nitrogens with two attached hydrogens (primary N) is 1. The van der Waals surface area contributed by atoms with E-state index in [1.54, 1.807) is 0 Å². The molecule has 2 N–H and O–H groups in total. The largest absolute Gasteiger partial charge is 0.326 e.